The van der Waals surface area contributed by atoms with Gasteiger partial charge in [0.25, 0.3) is 0 Å². The molecule has 0 radical (unpaired) electrons. The van der Waals surface area contributed by atoms with Crippen molar-refractivity contribution in [1.29, 1.82) is 0 Å². The van der Waals surface area contributed by atoms with Crippen molar-refractivity contribution >= 4 is 22.5 Å². The molecule has 0 aliphatic carbocycles. The first kappa shape index (κ1) is 18.9. The van der Waals surface area contributed by atoms with Gasteiger partial charge in [0.2, 0.25) is 5.91 Å². The van der Waals surface area contributed by atoms with Crippen molar-refractivity contribution in [2.75, 3.05) is 0 Å². The fourth-order valence-electron chi connectivity index (χ4n) is 3.35. The molecule has 0 unspecified atom stereocenters. The zero-order valence-electron chi connectivity index (χ0n) is 16.3. The summed E-state index contributed by atoms with van der Waals surface area (Å²) in [5.74, 6) is -0.0922. The molecule has 0 spiro atoms. The Morgan fingerprint density at radius 1 is 1.07 bits per heavy atom. The molecular weight excluding hydrogens is 334 g/mol. The Labute approximate surface area is 160 Å². The molecule has 3 aromatic rings. The van der Waals surface area contributed by atoms with Gasteiger partial charge in [-0.3, -0.25) is 4.79 Å². The van der Waals surface area contributed by atoms with Gasteiger partial charge in [-0.1, -0.05) is 61.9 Å². The number of unbranched alkanes of at least 4 members (excludes halogenated alkanes) is 1. The normalized spacial score (nSPS) is 11.7. The number of carbonyl (C=O) groups is 1. The molecule has 1 amide bonds. The highest BCUT2D eigenvalue weighted by Crippen LogP contribution is 2.25. The first-order valence-electron chi connectivity index (χ1n) is 9.57. The van der Waals surface area contributed by atoms with E-state index in [2.05, 4.69) is 41.5 Å². The van der Waals surface area contributed by atoms with Crippen LogP contribution in [0.15, 0.2) is 53.6 Å². The number of nitrogens with one attached hydrogen (secondary N) is 2. The number of hydrogen-bond acceptors (Lipinski definition) is 2. The summed E-state index contributed by atoms with van der Waals surface area (Å²) in [6.07, 6.45) is 3.30. The molecule has 2 aromatic carbocycles. The van der Waals surface area contributed by atoms with Gasteiger partial charge in [-0.05, 0) is 43.4 Å². The van der Waals surface area contributed by atoms with Crippen LogP contribution in [0.4, 0.5) is 0 Å². The van der Waals surface area contributed by atoms with Gasteiger partial charge in [0, 0.05) is 16.6 Å². The summed E-state index contributed by atoms with van der Waals surface area (Å²) < 4.78 is 0. The Hall–Kier alpha value is -2.88. The summed E-state index contributed by atoms with van der Waals surface area (Å²) in [5.41, 5.74) is 9.12. The van der Waals surface area contributed by atoms with E-state index >= 15 is 0 Å². The van der Waals surface area contributed by atoms with Gasteiger partial charge in [0.1, 0.15) is 0 Å². The van der Waals surface area contributed by atoms with E-state index in [1.54, 1.807) is 0 Å². The summed E-state index contributed by atoms with van der Waals surface area (Å²) in [7, 11) is 0. The van der Waals surface area contributed by atoms with E-state index in [9.17, 15) is 4.79 Å². The maximum Gasteiger partial charge on any atom is 0.244 e. The minimum atomic E-state index is -0.0922. The number of aryl methyl sites for hydroxylation is 2. The lowest BCUT2D eigenvalue weighted by atomic mass is 10.0. The smallest absolute Gasteiger partial charge is 0.244 e. The molecule has 0 bridgehead atoms. The molecule has 0 saturated carbocycles. The fraction of sp³-hybridized carbons (Fsp3) is 0.304. The molecular formula is C23H27N3O. The molecule has 140 valence electrons. The molecule has 1 aromatic heterocycles. The summed E-state index contributed by atoms with van der Waals surface area (Å²) in [5, 5.41) is 5.56. The van der Waals surface area contributed by atoms with Crippen molar-refractivity contribution in [3.05, 3.63) is 70.9 Å². The Morgan fingerprint density at radius 2 is 1.85 bits per heavy atom. The lowest BCUT2D eigenvalue weighted by Gasteiger charge is -2.07. The van der Waals surface area contributed by atoms with Gasteiger partial charge in [0.05, 0.1) is 12.1 Å². The minimum Gasteiger partial charge on any atom is -0.358 e. The molecule has 2 N–H and O–H groups in total. The van der Waals surface area contributed by atoms with Crippen LogP contribution in [-0.4, -0.2) is 16.6 Å². The number of benzene rings is 2. The zero-order chi connectivity index (χ0) is 19.2. The van der Waals surface area contributed by atoms with E-state index in [4.69, 9.17) is 0 Å². The number of hydrogen-bond donors (Lipinski definition) is 2. The van der Waals surface area contributed by atoms with Crippen LogP contribution >= 0.6 is 0 Å². The van der Waals surface area contributed by atoms with E-state index in [-0.39, 0.29) is 5.91 Å². The third-order valence-electron chi connectivity index (χ3n) is 4.89. The number of para-hydroxylation sites is 1. The predicted molar refractivity (Wildman–Crippen MR) is 112 cm³/mol. The summed E-state index contributed by atoms with van der Waals surface area (Å²) in [4.78, 5) is 16.0. The number of H-pyrrole nitrogens is 1. The third kappa shape index (κ3) is 4.45. The first-order valence-corrected chi connectivity index (χ1v) is 9.57. The molecule has 27 heavy (non-hydrogen) atoms. The number of hydrazone groups is 1. The highest BCUT2D eigenvalue weighted by atomic mass is 16.2. The fourth-order valence-corrected chi connectivity index (χ4v) is 3.35. The van der Waals surface area contributed by atoms with Crippen LogP contribution in [0.3, 0.4) is 0 Å². The Balaban J connectivity index is 1.77. The monoisotopic (exact) mass is 361 g/mol. The molecule has 0 fully saturated rings. The molecule has 3 rings (SSSR count). The summed E-state index contributed by atoms with van der Waals surface area (Å²) in [6, 6.07) is 16.2. The van der Waals surface area contributed by atoms with Gasteiger partial charge >= 0.3 is 0 Å². The van der Waals surface area contributed by atoms with Crippen LogP contribution in [0.25, 0.3) is 10.9 Å². The maximum absolute atomic E-state index is 12.6. The summed E-state index contributed by atoms with van der Waals surface area (Å²) in [6.45, 7) is 6.25. The molecule has 0 saturated heterocycles. The number of aromatic nitrogens is 1. The average molecular weight is 361 g/mol. The van der Waals surface area contributed by atoms with Crippen LogP contribution in [0, 0.1) is 13.8 Å². The van der Waals surface area contributed by atoms with E-state index in [1.165, 1.54) is 5.56 Å². The van der Waals surface area contributed by atoms with E-state index in [0.29, 0.717) is 6.42 Å². The third-order valence-corrected chi connectivity index (χ3v) is 4.89. The molecule has 0 aliphatic heterocycles. The van der Waals surface area contributed by atoms with E-state index in [1.807, 2.05) is 43.3 Å². The van der Waals surface area contributed by atoms with Gasteiger partial charge in [-0.15, -0.1) is 0 Å². The Morgan fingerprint density at radius 3 is 2.59 bits per heavy atom. The van der Waals surface area contributed by atoms with Crippen molar-refractivity contribution in [3.63, 3.8) is 0 Å². The highest BCUT2D eigenvalue weighted by molar-refractivity contribution is 6.01. The standard InChI is InChI=1S/C23H27N3O/c1-4-5-14-21(18-11-7-6-8-12-18)25-26-22(27)15-20-17(3)24-23-16(2)10-9-13-19(20)23/h6-13,24H,4-5,14-15H2,1-3H3,(H,26,27). The number of carbonyl (C=O) groups excluding carboxylic acids is 1. The van der Waals surface area contributed by atoms with Crippen LogP contribution in [-0.2, 0) is 11.2 Å². The van der Waals surface area contributed by atoms with Crippen LogP contribution in [0.5, 0.6) is 0 Å². The second-order valence-corrected chi connectivity index (χ2v) is 6.97. The number of amides is 1. The van der Waals surface area contributed by atoms with Crippen LogP contribution in [0.2, 0.25) is 0 Å². The second-order valence-electron chi connectivity index (χ2n) is 6.97. The van der Waals surface area contributed by atoms with Crippen molar-refractivity contribution in [1.82, 2.24) is 10.4 Å². The summed E-state index contributed by atoms with van der Waals surface area (Å²) >= 11 is 0. The molecule has 0 atom stereocenters. The van der Waals surface area contributed by atoms with Gasteiger partial charge in [0.15, 0.2) is 0 Å². The molecule has 4 heteroatoms. The van der Waals surface area contributed by atoms with Gasteiger partial charge in [-0.25, -0.2) is 5.43 Å². The molecule has 4 nitrogen and oxygen atoms in total. The van der Waals surface area contributed by atoms with Crippen molar-refractivity contribution in [3.8, 4) is 0 Å². The second kappa shape index (κ2) is 8.67. The number of aromatic amines is 1. The van der Waals surface area contributed by atoms with E-state index < -0.39 is 0 Å². The first-order chi connectivity index (χ1) is 13.1. The lowest BCUT2D eigenvalue weighted by molar-refractivity contribution is -0.120. The minimum absolute atomic E-state index is 0.0922. The largest absolute Gasteiger partial charge is 0.358 e. The number of nitrogens with zero attached hydrogens (tertiary/aromatic N) is 1. The Bertz CT molecular complexity index is 954. The number of rotatable bonds is 7. The van der Waals surface area contributed by atoms with Gasteiger partial charge in [-0.2, -0.15) is 5.10 Å². The van der Waals surface area contributed by atoms with Gasteiger partial charge < -0.3 is 4.98 Å². The van der Waals surface area contributed by atoms with Crippen molar-refractivity contribution in [2.45, 2.75) is 46.5 Å². The quantitative estimate of drug-likeness (QED) is 0.450. The maximum atomic E-state index is 12.6. The van der Waals surface area contributed by atoms with Crippen molar-refractivity contribution < 1.29 is 4.79 Å². The molecule has 1 heterocycles. The number of fused-ring (bicyclic) bond motifs is 1. The van der Waals surface area contributed by atoms with E-state index in [0.717, 1.165) is 52.7 Å². The predicted octanol–water partition coefficient (Wildman–Crippen LogP) is 5.04. The van der Waals surface area contributed by atoms with Crippen LogP contribution < -0.4 is 5.43 Å². The topological polar surface area (TPSA) is 57.2 Å². The Kier molecular flexibility index (Phi) is 6.07. The average Bonchev–Trinajstić information content (AvgIpc) is 2.99. The lowest BCUT2D eigenvalue weighted by Crippen LogP contribution is -2.22. The SMILES string of the molecule is CCCCC(=NNC(=O)Cc1c(C)[nH]c2c(C)cccc12)c1ccccc1. The highest BCUT2D eigenvalue weighted by Gasteiger charge is 2.13. The van der Waals surface area contributed by atoms with Crippen molar-refractivity contribution in [2.24, 2.45) is 5.10 Å². The molecule has 0 aliphatic rings. The zero-order valence-corrected chi connectivity index (χ0v) is 16.3. The van der Waals surface area contributed by atoms with Crippen LogP contribution in [0.1, 0.15) is 48.6 Å².